The molecule has 0 spiro atoms. The van der Waals surface area contributed by atoms with Crippen LogP contribution in [-0.4, -0.2) is 30.6 Å². The number of hydrogen-bond acceptors (Lipinski definition) is 6. The van der Waals surface area contributed by atoms with Gasteiger partial charge in [0.05, 0.1) is 15.9 Å². The normalized spacial score (nSPS) is 22.9. The zero-order valence-electron chi connectivity index (χ0n) is 11.2. The number of anilines is 1. The Labute approximate surface area is 122 Å². The molecule has 1 aliphatic carbocycles. The van der Waals surface area contributed by atoms with Gasteiger partial charge in [0, 0.05) is 12.1 Å². The van der Waals surface area contributed by atoms with E-state index < -0.39 is 20.6 Å². The van der Waals surface area contributed by atoms with Gasteiger partial charge in [0.1, 0.15) is 5.69 Å². The molecule has 0 radical (unpaired) electrons. The van der Waals surface area contributed by atoms with E-state index in [0.29, 0.717) is 25.7 Å². The SMILES string of the molecule is Nc1ccc(S(=O)(=O)NC2CCC(O)CC2)cc1[N+](=O)[O-]. The van der Waals surface area contributed by atoms with Gasteiger partial charge in [0.15, 0.2) is 0 Å². The van der Waals surface area contributed by atoms with Gasteiger partial charge in [0.25, 0.3) is 5.69 Å². The van der Waals surface area contributed by atoms with Crippen LogP contribution in [0.25, 0.3) is 0 Å². The van der Waals surface area contributed by atoms with Gasteiger partial charge in [-0.25, -0.2) is 13.1 Å². The number of nitro groups is 1. The highest BCUT2D eigenvalue weighted by molar-refractivity contribution is 7.89. The highest BCUT2D eigenvalue weighted by Gasteiger charge is 2.26. The number of aliphatic hydroxyl groups is 1. The topological polar surface area (TPSA) is 136 Å². The monoisotopic (exact) mass is 315 g/mol. The molecule has 1 aromatic carbocycles. The second-order valence-electron chi connectivity index (χ2n) is 5.10. The number of sulfonamides is 1. The molecule has 4 N–H and O–H groups in total. The average molecular weight is 315 g/mol. The minimum atomic E-state index is -3.84. The van der Waals surface area contributed by atoms with Crippen LogP contribution in [-0.2, 0) is 10.0 Å². The van der Waals surface area contributed by atoms with Crippen molar-refractivity contribution in [2.45, 2.75) is 42.7 Å². The van der Waals surface area contributed by atoms with E-state index >= 15 is 0 Å². The molecule has 0 aliphatic heterocycles. The van der Waals surface area contributed by atoms with Crippen LogP contribution in [0.2, 0.25) is 0 Å². The van der Waals surface area contributed by atoms with Crippen LogP contribution in [0.5, 0.6) is 0 Å². The van der Waals surface area contributed by atoms with Crippen molar-refractivity contribution in [3.63, 3.8) is 0 Å². The number of rotatable bonds is 4. The van der Waals surface area contributed by atoms with Crippen LogP contribution in [0.3, 0.4) is 0 Å². The summed E-state index contributed by atoms with van der Waals surface area (Å²) in [6.45, 7) is 0. The maximum absolute atomic E-state index is 12.2. The molecule has 0 heterocycles. The summed E-state index contributed by atoms with van der Waals surface area (Å²) in [5.74, 6) is 0. The van der Waals surface area contributed by atoms with Crippen LogP contribution >= 0.6 is 0 Å². The van der Waals surface area contributed by atoms with E-state index in [0.717, 1.165) is 6.07 Å². The Hall–Kier alpha value is -1.71. The van der Waals surface area contributed by atoms with Gasteiger partial charge < -0.3 is 10.8 Å². The van der Waals surface area contributed by atoms with Crippen LogP contribution < -0.4 is 10.5 Å². The minimum Gasteiger partial charge on any atom is -0.393 e. The van der Waals surface area contributed by atoms with E-state index in [1.807, 2.05) is 0 Å². The van der Waals surface area contributed by atoms with Crippen molar-refractivity contribution in [3.8, 4) is 0 Å². The van der Waals surface area contributed by atoms with Gasteiger partial charge in [-0.1, -0.05) is 0 Å². The van der Waals surface area contributed by atoms with Crippen molar-refractivity contribution in [1.82, 2.24) is 4.72 Å². The summed E-state index contributed by atoms with van der Waals surface area (Å²) >= 11 is 0. The number of nitrogens with zero attached hydrogens (tertiary/aromatic N) is 1. The molecular weight excluding hydrogens is 298 g/mol. The molecule has 8 nitrogen and oxygen atoms in total. The molecule has 0 amide bonds. The number of aliphatic hydroxyl groups excluding tert-OH is 1. The Morgan fingerprint density at radius 1 is 1.29 bits per heavy atom. The molecule has 0 atom stereocenters. The van der Waals surface area contributed by atoms with E-state index in [1.165, 1.54) is 12.1 Å². The van der Waals surface area contributed by atoms with Gasteiger partial charge in [-0.15, -0.1) is 0 Å². The Balaban J connectivity index is 2.20. The van der Waals surface area contributed by atoms with Crippen LogP contribution in [0, 0.1) is 10.1 Å². The predicted molar refractivity (Wildman–Crippen MR) is 76.1 cm³/mol. The lowest BCUT2D eigenvalue weighted by atomic mass is 9.94. The summed E-state index contributed by atoms with van der Waals surface area (Å²) in [5, 5.41) is 20.2. The third-order valence-electron chi connectivity index (χ3n) is 3.53. The van der Waals surface area contributed by atoms with Crippen molar-refractivity contribution >= 4 is 21.4 Å². The van der Waals surface area contributed by atoms with E-state index in [9.17, 15) is 23.6 Å². The predicted octanol–water partition coefficient (Wildman–Crippen LogP) is 0.759. The first-order valence-corrected chi connectivity index (χ1v) is 8.02. The summed E-state index contributed by atoms with van der Waals surface area (Å²) in [6.07, 6.45) is 1.77. The molecular formula is C12H17N3O5S. The van der Waals surface area contributed by atoms with Gasteiger partial charge in [-0.3, -0.25) is 10.1 Å². The number of nitrogens with two attached hydrogens (primary N) is 1. The molecule has 21 heavy (non-hydrogen) atoms. The summed E-state index contributed by atoms with van der Waals surface area (Å²) in [5.41, 5.74) is 4.93. The fourth-order valence-electron chi connectivity index (χ4n) is 2.33. The Kier molecular flexibility index (Phi) is 4.45. The maximum Gasteiger partial charge on any atom is 0.293 e. The maximum atomic E-state index is 12.2. The smallest absolute Gasteiger partial charge is 0.293 e. The molecule has 9 heteroatoms. The molecule has 0 aromatic heterocycles. The first-order chi connectivity index (χ1) is 9.79. The second kappa shape index (κ2) is 5.96. The highest BCUT2D eigenvalue weighted by atomic mass is 32.2. The molecule has 0 saturated heterocycles. The number of nitrogen functional groups attached to an aromatic ring is 1. The number of nitro benzene ring substituents is 1. The largest absolute Gasteiger partial charge is 0.393 e. The molecule has 0 unspecified atom stereocenters. The first-order valence-electron chi connectivity index (χ1n) is 6.54. The minimum absolute atomic E-state index is 0.0836. The highest BCUT2D eigenvalue weighted by Crippen LogP contribution is 2.26. The van der Waals surface area contributed by atoms with E-state index in [-0.39, 0.29) is 22.7 Å². The van der Waals surface area contributed by atoms with E-state index in [4.69, 9.17) is 5.73 Å². The van der Waals surface area contributed by atoms with Gasteiger partial charge in [-0.05, 0) is 37.8 Å². The molecule has 1 aliphatic rings. The van der Waals surface area contributed by atoms with Crippen molar-refractivity contribution < 1.29 is 18.4 Å². The lowest BCUT2D eigenvalue weighted by Crippen LogP contribution is -2.38. The molecule has 1 saturated carbocycles. The van der Waals surface area contributed by atoms with Crippen molar-refractivity contribution in [3.05, 3.63) is 28.3 Å². The zero-order chi connectivity index (χ0) is 15.6. The fraction of sp³-hybridized carbons (Fsp3) is 0.500. The van der Waals surface area contributed by atoms with E-state index in [2.05, 4.69) is 4.72 Å². The van der Waals surface area contributed by atoms with Crippen LogP contribution in [0.4, 0.5) is 11.4 Å². The third kappa shape index (κ3) is 3.69. The Morgan fingerprint density at radius 2 is 1.90 bits per heavy atom. The van der Waals surface area contributed by atoms with Crippen molar-refractivity contribution in [2.24, 2.45) is 0 Å². The lowest BCUT2D eigenvalue weighted by Gasteiger charge is -2.25. The summed E-state index contributed by atoms with van der Waals surface area (Å²) < 4.78 is 27.0. The Morgan fingerprint density at radius 3 is 2.48 bits per heavy atom. The number of hydrogen-bond donors (Lipinski definition) is 3. The summed E-state index contributed by atoms with van der Waals surface area (Å²) in [6, 6.07) is 3.13. The Bertz CT molecular complexity index is 638. The fourth-order valence-corrected chi connectivity index (χ4v) is 3.65. The molecule has 1 fully saturated rings. The van der Waals surface area contributed by atoms with Crippen LogP contribution in [0.1, 0.15) is 25.7 Å². The number of benzene rings is 1. The van der Waals surface area contributed by atoms with Crippen LogP contribution in [0.15, 0.2) is 23.1 Å². The lowest BCUT2D eigenvalue weighted by molar-refractivity contribution is -0.384. The molecule has 116 valence electrons. The third-order valence-corrected chi connectivity index (χ3v) is 5.05. The summed E-state index contributed by atoms with van der Waals surface area (Å²) in [7, 11) is -3.84. The molecule has 0 bridgehead atoms. The zero-order valence-corrected chi connectivity index (χ0v) is 12.0. The first kappa shape index (κ1) is 15.7. The van der Waals surface area contributed by atoms with Gasteiger partial charge >= 0.3 is 0 Å². The van der Waals surface area contributed by atoms with Crippen molar-refractivity contribution in [1.29, 1.82) is 0 Å². The summed E-state index contributed by atoms with van der Waals surface area (Å²) in [4.78, 5) is 9.91. The van der Waals surface area contributed by atoms with Gasteiger partial charge in [0.2, 0.25) is 10.0 Å². The molecule has 1 aromatic rings. The molecule has 2 rings (SSSR count). The number of nitrogens with one attached hydrogen (secondary N) is 1. The standard InChI is InChI=1S/C12H17N3O5S/c13-11-6-5-10(7-12(11)15(17)18)21(19,20)14-8-1-3-9(16)4-2-8/h5-9,14,16H,1-4,13H2. The van der Waals surface area contributed by atoms with Gasteiger partial charge in [-0.2, -0.15) is 0 Å². The second-order valence-corrected chi connectivity index (χ2v) is 6.82. The average Bonchev–Trinajstić information content (AvgIpc) is 2.41. The quantitative estimate of drug-likeness (QED) is 0.426. The van der Waals surface area contributed by atoms with E-state index in [1.54, 1.807) is 0 Å². The van der Waals surface area contributed by atoms with Crippen molar-refractivity contribution in [2.75, 3.05) is 5.73 Å².